The molecule has 1 aliphatic heterocycles. The molecule has 2 aromatic rings. The van der Waals surface area contributed by atoms with E-state index in [-0.39, 0.29) is 29.5 Å². The number of fused-ring (bicyclic) bond motifs is 1. The standard InChI is InChI=1S/C16H18F3N3O2S.ClH/c1-20-10-16(18,19)11-21-14-8-4-5-9-15(14)22(25(21,23)24)13-7-3-2-6-12(13)17;/h2-9,20,23-24H,10-11H2,1H3;1H. The smallest absolute Gasteiger partial charge is 0.279 e. The van der Waals surface area contributed by atoms with Gasteiger partial charge in [0.05, 0.1) is 17.9 Å². The topological polar surface area (TPSA) is 59.0 Å². The minimum atomic E-state index is -3.90. The lowest BCUT2D eigenvalue weighted by molar-refractivity contribution is 0.0146. The summed E-state index contributed by atoms with van der Waals surface area (Å²) in [7, 11) is -2.51. The van der Waals surface area contributed by atoms with Crippen LogP contribution in [0.25, 0.3) is 0 Å². The molecule has 0 fully saturated rings. The molecule has 0 bridgehead atoms. The van der Waals surface area contributed by atoms with Crippen LogP contribution in [0.1, 0.15) is 0 Å². The maximum absolute atomic E-state index is 14.2. The van der Waals surface area contributed by atoms with Crippen LogP contribution >= 0.6 is 23.4 Å². The Hall–Kier alpha value is -1.65. The largest absolute Gasteiger partial charge is 0.314 e. The molecule has 2 aromatic carbocycles. The fourth-order valence-electron chi connectivity index (χ4n) is 2.78. The Balaban J connectivity index is 0.00000243. The molecular formula is C16H19ClF3N3O2S. The molecular weight excluding hydrogens is 391 g/mol. The zero-order chi connectivity index (χ0) is 18.2. The van der Waals surface area contributed by atoms with Gasteiger partial charge in [-0.05, 0) is 42.3 Å². The van der Waals surface area contributed by atoms with E-state index in [0.29, 0.717) is 0 Å². The van der Waals surface area contributed by atoms with E-state index in [1.54, 1.807) is 12.1 Å². The number of alkyl halides is 2. The van der Waals surface area contributed by atoms with Gasteiger partial charge in [-0.1, -0.05) is 24.3 Å². The minimum Gasteiger partial charge on any atom is -0.314 e. The molecule has 0 aliphatic carbocycles. The lowest BCUT2D eigenvalue weighted by Gasteiger charge is -2.44. The van der Waals surface area contributed by atoms with Crippen molar-refractivity contribution in [2.24, 2.45) is 0 Å². The summed E-state index contributed by atoms with van der Waals surface area (Å²) in [5.41, 5.74) is 0.378. The predicted octanol–water partition coefficient (Wildman–Crippen LogP) is 4.64. The van der Waals surface area contributed by atoms with E-state index in [0.717, 1.165) is 8.61 Å². The van der Waals surface area contributed by atoms with E-state index < -0.39 is 35.8 Å². The molecule has 0 unspecified atom stereocenters. The van der Waals surface area contributed by atoms with E-state index in [4.69, 9.17) is 0 Å². The van der Waals surface area contributed by atoms with Crippen molar-refractivity contribution in [3.8, 4) is 0 Å². The van der Waals surface area contributed by atoms with Gasteiger partial charge in [0.2, 0.25) is 0 Å². The number of rotatable bonds is 5. The third-order valence-electron chi connectivity index (χ3n) is 3.79. The van der Waals surface area contributed by atoms with E-state index in [1.807, 2.05) is 0 Å². The van der Waals surface area contributed by atoms with E-state index >= 15 is 0 Å². The molecule has 26 heavy (non-hydrogen) atoms. The number of hydrogen-bond donors (Lipinski definition) is 3. The van der Waals surface area contributed by atoms with Crippen LogP contribution in [0.15, 0.2) is 48.5 Å². The third kappa shape index (κ3) is 3.58. The Morgan fingerprint density at radius 2 is 1.54 bits per heavy atom. The van der Waals surface area contributed by atoms with Crippen molar-refractivity contribution in [3.63, 3.8) is 0 Å². The molecule has 0 saturated carbocycles. The number of halogens is 4. The molecule has 0 atom stereocenters. The molecule has 144 valence electrons. The van der Waals surface area contributed by atoms with Crippen LogP contribution in [0.3, 0.4) is 0 Å². The second-order valence-corrected chi connectivity index (χ2v) is 7.43. The van der Waals surface area contributed by atoms with Gasteiger partial charge in [0.25, 0.3) is 5.92 Å². The lowest BCUT2D eigenvalue weighted by atomic mass is 10.2. The van der Waals surface area contributed by atoms with E-state index in [2.05, 4.69) is 5.32 Å². The second kappa shape index (κ2) is 7.53. The number of nitrogens with one attached hydrogen (secondary N) is 1. The fraction of sp³-hybridized carbons (Fsp3) is 0.250. The van der Waals surface area contributed by atoms with Crippen molar-refractivity contribution in [2.75, 3.05) is 28.7 Å². The van der Waals surface area contributed by atoms with Gasteiger partial charge >= 0.3 is 0 Å². The van der Waals surface area contributed by atoms with Crippen molar-refractivity contribution in [1.29, 1.82) is 0 Å². The lowest BCUT2D eigenvalue weighted by Crippen LogP contribution is -2.44. The number of anilines is 3. The number of benzene rings is 2. The van der Waals surface area contributed by atoms with Crippen LogP contribution in [0.4, 0.5) is 30.2 Å². The minimum absolute atomic E-state index is 0. The molecule has 0 saturated heterocycles. The summed E-state index contributed by atoms with van der Waals surface area (Å²) in [5.74, 6) is -3.89. The summed E-state index contributed by atoms with van der Waals surface area (Å²) in [6.45, 7) is -1.54. The maximum Gasteiger partial charge on any atom is 0.279 e. The van der Waals surface area contributed by atoms with Gasteiger partial charge in [-0.15, -0.1) is 12.4 Å². The van der Waals surface area contributed by atoms with Crippen molar-refractivity contribution in [1.82, 2.24) is 5.32 Å². The fourth-order valence-corrected chi connectivity index (χ4v) is 4.59. The number of hydrogen-bond acceptors (Lipinski definition) is 5. The van der Waals surface area contributed by atoms with Crippen molar-refractivity contribution >= 4 is 40.4 Å². The number of nitrogens with zero attached hydrogens (tertiary/aromatic N) is 2. The van der Waals surface area contributed by atoms with Crippen molar-refractivity contribution in [3.05, 3.63) is 54.3 Å². The van der Waals surface area contributed by atoms with E-state index in [1.165, 1.54) is 43.4 Å². The molecule has 3 N–H and O–H groups in total. The quantitative estimate of drug-likeness (QED) is 0.671. The first-order valence-electron chi connectivity index (χ1n) is 7.50. The van der Waals surface area contributed by atoms with Crippen LogP contribution in [0.2, 0.25) is 0 Å². The maximum atomic E-state index is 14.2. The molecule has 1 aliphatic rings. The van der Waals surface area contributed by atoms with Gasteiger partial charge in [0, 0.05) is 0 Å². The zero-order valence-corrected chi connectivity index (χ0v) is 15.4. The molecule has 0 amide bonds. The highest BCUT2D eigenvalue weighted by Crippen LogP contribution is 2.64. The molecule has 1 heterocycles. The van der Waals surface area contributed by atoms with Gasteiger partial charge in [0.1, 0.15) is 18.0 Å². The Labute approximate surface area is 157 Å². The Morgan fingerprint density at radius 1 is 1.00 bits per heavy atom. The molecule has 0 aromatic heterocycles. The Morgan fingerprint density at radius 3 is 2.12 bits per heavy atom. The summed E-state index contributed by atoms with van der Waals surface area (Å²) in [6.07, 6.45) is 0. The summed E-state index contributed by atoms with van der Waals surface area (Å²) < 4.78 is 65.7. The van der Waals surface area contributed by atoms with Crippen molar-refractivity contribution in [2.45, 2.75) is 5.92 Å². The van der Waals surface area contributed by atoms with Crippen LogP contribution in [-0.4, -0.2) is 35.2 Å². The Bertz CT molecular complexity index is 782. The molecule has 3 rings (SSSR count). The highest BCUT2D eigenvalue weighted by Gasteiger charge is 2.46. The third-order valence-corrected chi connectivity index (χ3v) is 5.59. The molecule has 0 radical (unpaired) electrons. The molecule has 5 nitrogen and oxygen atoms in total. The monoisotopic (exact) mass is 409 g/mol. The summed E-state index contributed by atoms with van der Waals surface area (Å²) in [6, 6.07) is 11.8. The van der Waals surface area contributed by atoms with Gasteiger partial charge in [-0.2, -0.15) is 0 Å². The zero-order valence-electron chi connectivity index (χ0n) is 13.8. The summed E-state index contributed by atoms with van der Waals surface area (Å²) in [5, 5.41) is 2.38. The Kier molecular flexibility index (Phi) is 5.99. The van der Waals surface area contributed by atoms with Gasteiger partial charge in [-0.3, -0.25) is 9.11 Å². The first-order chi connectivity index (χ1) is 11.8. The van der Waals surface area contributed by atoms with Crippen molar-refractivity contribution < 1.29 is 22.3 Å². The van der Waals surface area contributed by atoms with Gasteiger partial charge in [0.15, 0.2) is 0 Å². The predicted molar refractivity (Wildman–Crippen MR) is 101 cm³/mol. The summed E-state index contributed by atoms with van der Waals surface area (Å²) >= 11 is 0. The van der Waals surface area contributed by atoms with E-state index in [9.17, 15) is 22.3 Å². The molecule has 0 spiro atoms. The highest BCUT2D eigenvalue weighted by molar-refractivity contribution is 8.27. The average Bonchev–Trinajstić information content (AvgIpc) is 2.75. The SMILES string of the molecule is CNCC(F)(F)CN1c2ccccc2N(c2ccccc2F)S1(O)O.Cl. The van der Waals surface area contributed by atoms with Crippen LogP contribution < -0.4 is 13.9 Å². The number of para-hydroxylation sites is 3. The average molecular weight is 410 g/mol. The first kappa shape index (κ1) is 20.7. The summed E-state index contributed by atoms with van der Waals surface area (Å²) in [4.78, 5) is 0. The van der Waals surface area contributed by atoms with Crippen LogP contribution in [0.5, 0.6) is 0 Å². The second-order valence-electron chi connectivity index (χ2n) is 5.65. The first-order valence-corrected chi connectivity index (χ1v) is 8.96. The normalized spacial score (nSPS) is 16.8. The van der Waals surface area contributed by atoms with Crippen LogP contribution in [-0.2, 0) is 0 Å². The highest BCUT2D eigenvalue weighted by atomic mass is 35.5. The van der Waals surface area contributed by atoms with Gasteiger partial charge < -0.3 is 5.32 Å². The molecule has 10 heteroatoms. The van der Waals surface area contributed by atoms with Gasteiger partial charge in [-0.25, -0.2) is 21.8 Å². The van der Waals surface area contributed by atoms with Crippen LogP contribution in [0, 0.1) is 5.82 Å².